The summed E-state index contributed by atoms with van der Waals surface area (Å²) >= 11 is 0. The minimum absolute atomic E-state index is 0.554. The van der Waals surface area contributed by atoms with Crippen molar-refractivity contribution in [2.24, 2.45) is 0 Å². The van der Waals surface area contributed by atoms with Crippen molar-refractivity contribution < 1.29 is 39.4 Å². The van der Waals surface area contributed by atoms with Crippen LogP contribution in [0.25, 0.3) is 0 Å². The summed E-state index contributed by atoms with van der Waals surface area (Å²) in [6.45, 7) is -1.76. The van der Waals surface area contributed by atoms with Gasteiger partial charge in [-0.2, -0.15) is 21.6 Å². The SMILES string of the molecule is CO[P+](=O)OC.CS(=O)(=O)OCC(F)(F)F. The lowest BCUT2D eigenvalue weighted by molar-refractivity contribution is -0.152. The second-order valence-electron chi connectivity index (χ2n) is 2.17. The van der Waals surface area contributed by atoms with Gasteiger partial charge in [0.25, 0.3) is 10.1 Å². The molecule has 0 spiro atoms. The Morgan fingerprint density at radius 2 is 1.56 bits per heavy atom. The van der Waals surface area contributed by atoms with E-state index in [0.717, 1.165) is 0 Å². The zero-order chi connectivity index (χ0) is 13.4. The minimum atomic E-state index is -4.59. The summed E-state index contributed by atoms with van der Waals surface area (Å²) in [6, 6.07) is 0. The van der Waals surface area contributed by atoms with E-state index in [2.05, 4.69) is 13.2 Å². The average molecular weight is 287 g/mol. The van der Waals surface area contributed by atoms with Gasteiger partial charge in [0.05, 0.1) is 20.5 Å². The molecule has 0 aliphatic carbocycles. The largest absolute Gasteiger partial charge is 0.696 e. The Kier molecular flexibility index (Phi) is 8.94. The molecule has 0 aromatic heterocycles. The topological polar surface area (TPSA) is 78.9 Å². The molecule has 0 heterocycles. The van der Waals surface area contributed by atoms with Gasteiger partial charge in [-0.3, -0.25) is 4.18 Å². The fourth-order valence-corrected chi connectivity index (χ4v) is 0.745. The van der Waals surface area contributed by atoms with Gasteiger partial charge < -0.3 is 0 Å². The van der Waals surface area contributed by atoms with Crippen molar-refractivity contribution in [2.45, 2.75) is 6.18 Å². The lowest BCUT2D eigenvalue weighted by atomic mass is 10.7. The van der Waals surface area contributed by atoms with Crippen molar-refractivity contribution in [3.8, 4) is 0 Å². The molecule has 98 valence electrons. The molecular weight excluding hydrogens is 276 g/mol. The summed E-state index contributed by atoms with van der Waals surface area (Å²) in [6.07, 6.45) is -4.04. The van der Waals surface area contributed by atoms with Gasteiger partial charge >= 0.3 is 14.4 Å². The Morgan fingerprint density at radius 1 is 1.19 bits per heavy atom. The first-order chi connectivity index (χ1) is 7.02. The van der Waals surface area contributed by atoms with Gasteiger partial charge in [0, 0.05) is 4.57 Å². The maximum atomic E-state index is 11.2. The van der Waals surface area contributed by atoms with Crippen LogP contribution in [-0.4, -0.2) is 41.7 Å². The van der Waals surface area contributed by atoms with E-state index in [-0.39, 0.29) is 0 Å². The van der Waals surface area contributed by atoms with Crippen LogP contribution in [-0.2, 0) is 27.9 Å². The highest BCUT2D eigenvalue weighted by atomic mass is 32.2. The molecule has 0 saturated carbocycles. The highest BCUT2D eigenvalue weighted by Gasteiger charge is 2.29. The molecule has 0 rings (SSSR count). The summed E-state index contributed by atoms with van der Waals surface area (Å²) in [7, 11) is -3.16. The lowest BCUT2D eigenvalue weighted by Crippen LogP contribution is -2.19. The average Bonchev–Trinajstić information content (AvgIpc) is 2.12. The van der Waals surface area contributed by atoms with Crippen LogP contribution in [0.1, 0.15) is 0 Å². The van der Waals surface area contributed by atoms with E-state index in [0.29, 0.717) is 6.26 Å². The van der Waals surface area contributed by atoms with Crippen LogP contribution in [0.5, 0.6) is 0 Å². The standard InChI is InChI=1S/C3H5F3O3S.C2H6O3P/c1-10(7,8)9-2-3(4,5)6;1-4-6(3)5-2/h2H2,1H3;1-2H3/q;+1. The van der Waals surface area contributed by atoms with E-state index >= 15 is 0 Å². The zero-order valence-electron chi connectivity index (χ0n) is 8.65. The predicted octanol–water partition coefficient (Wildman–Crippen LogP) is 1.46. The second kappa shape index (κ2) is 7.91. The number of alkyl halides is 3. The Labute approximate surface area is 91.8 Å². The first-order valence-electron chi connectivity index (χ1n) is 3.48. The van der Waals surface area contributed by atoms with Crippen molar-refractivity contribution in [3.05, 3.63) is 0 Å². The van der Waals surface area contributed by atoms with E-state index < -0.39 is 31.2 Å². The number of halogens is 3. The van der Waals surface area contributed by atoms with Crippen molar-refractivity contribution in [1.82, 2.24) is 0 Å². The van der Waals surface area contributed by atoms with Crippen LogP contribution in [0.3, 0.4) is 0 Å². The van der Waals surface area contributed by atoms with Crippen LogP contribution in [0.15, 0.2) is 0 Å². The predicted molar refractivity (Wildman–Crippen MR) is 48.5 cm³/mol. The van der Waals surface area contributed by atoms with Gasteiger partial charge in [-0.15, -0.1) is 9.05 Å². The minimum Gasteiger partial charge on any atom is -0.261 e. The van der Waals surface area contributed by atoms with Crippen LogP contribution < -0.4 is 0 Å². The molecule has 0 aliphatic rings. The van der Waals surface area contributed by atoms with Crippen molar-refractivity contribution >= 4 is 18.4 Å². The molecule has 0 radical (unpaired) electrons. The summed E-state index contributed by atoms with van der Waals surface area (Å²) < 4.78 is 75.2. The van der Waals surface area contributed by atoms with Crippen LogP contribution in [0, 0.1) is 0 Å². The maximum Gasteiger partial charge on any atom is 0.696 e. The third-order valence-corrected chi connectivity index (χ3v) is 1.88. The molecule has 16 heavy (non-hydrogen) atoms. The molecule has 0 aromatic carbocycles. The smallest absolute Gasteiger partial charge is 0.261 e. The summed E-state index contributed by atoms with van der Waals surface area (Å²) in [4.78, 5) is 0. The molecule has 0 aliphatic heterocycles. The Morgan fingerprint density at radius 3 is 1.62 bits per heavy atom. The summed E-state index contributed by atoms with van der Waals surface area (Å²) in [5, 5.41) is 0. The molecule has 0 fully saturated rings. The van der Waals surface area contributed by atoms with Crippen LogP contribution in [0.4, 0.5) is 13.2 Å². The normalized spacial score (nSPS) is 11.6. The quantitative estimate of drug-likeness (QED) is 0.575. The Hall–Kier alpha value is -0.280. The van der Waals surface area contributed by atoms with Crippen molar-refractivity contribution in [3.63, 3.8) is 0 Å². The number of rotatable bonds is 4. The van der Waals surface area contributed by atoms with Gasteiger partial charge in [0.15, 0.2) is 6.61 Å². The maximum absolute atomic E-state index is 11.2. The van der Waals surface area contributed by atoms with Crippen LogP contribution >= 0.6 is 8.25 Å². The molecule has 11 heteroatoms. The zero-order valence-corrected chi connectivity index (χ0v) is 10.4. The number of hydrogen-bond acceptors (Lipinski definition) is 6. The molecular formula is C5H11F3O6PS+. The molecule has 0 atom stereocenters. The van der Waals surface area contributed by atoms with Gasteiger partial charge in [0.1, 0.15) is 0 Å². The summed E-state index contributed by atoms with van der Waals surface area (Å²) in [5.74, 6) is 0. The van der Waals surface area contributed by atoms with E-state index in [1.54, 1.807) is 0 Å². The Bertz CT molecular complexity index is 294. The first-order valence-corrected chi connectivity index (χ1v) is 6.39. The molecule has 0 unspecified atom stereocenters. The lowest BCUT2D eigenvalue weighted by Gasteiger charge is -2.03. The van der Waals surface area contributed by atoms with Gasteiger partial charge in [-0.25, -0.2) is 0 Å². The second-order valence-corrected chi connectivity index (χ2v) is 4.99. The molecule has 0 aromatic rings. The molecule has 0 saturated heterocycles. The first kappa shape index (κ1) is 18.1. The van der Waals surface area contributed by atoms with Gasteiger partial charge in [-0.05, 0) is 0 Å². The Balaban J connectivity index is 0. The highest BCUT2D eigenvalue weighted by Crippen LogP contribution is 2.18. The van der Waals surface area contributed by atoms with Gasteiger partial charge in [0.2, 0.25) is 0 Å². The third-order valence-electron chi connectivity index (χ3n) is 0.735. The molecule has 0 amide bonds. The van der Waals surface area contributed by atoms with E-state index in [9.17, 15) is 26.2 Å². The molecule has 0 bridgehead atoms. The monoisotopic (exact) mass is 287 g/mol. The highest BCUT2D eigenvalue weighted by molar-refractivity contribution is 7.85. The van der Waals surface area contributed by atoms with Gasteiger partial charge in [-0.1, -0.05) is 0 Å². The van der Waals surface area contributed by atoms with E-state index in [4.69, 9.17) is 0 Å². The van der Waals surface area contributed by atoms with Crippen molar-refractivity contribution in [1.29, 1.82) is 0 Å². The molecule has 6 nitrogen and oxygen atoms in total. The van der Waals surface area contributed by atoms with E-state index in [1.165, 1.54) is 14.2 Å². The number of hydrogen-bond donors (Lipinski definition) is 0. The fraction of sp³-hybridized carbons (Fsp3) is 1.00. The van der Waals surface area contributed by atoms with Crippen molar-refractivity contribution in [2.75, 3.05) is 27.1 Å². The third kappa shape index (κ3) is 19.3. The fourth-order valence-electron chi connectivity index (χ4n) is 0.248. The van der Waals surface area contributed by atoms with E-state index in [1.807, 2.05) is 0 Å². The summed E-state index contributed by atoms with van der Waals surface area (Å²) in [5.41, 5.74) is 0. The van der Waals surface area contributed by atoms with Crippen LogP contribution in [0.2, 0.25) is 0 Å². The molecule has 0 N–H and O–H groups in total.